The summed E-state index contributed by atoms with van der Waals surface area (Å²) < 4.78 is 1.22. The summed E-state index contributed by atoms with van der Waals surface area (Å²) in [6.07, 6.45) is 4.93. The molecule has 0 saturated carbocycles. The van der Waals surface area contributed by atoms with Crippen LogP contribution in [0, 0.1) is 6.92 Å². The smallest absolute Gasteiger partial charge is 0.267 e. The third kappa shape index (κ3) is 5.50. The van der Waals surface area contributed by atoms with Crippen molar-refractivity contribution in [1.29, 1.82) is 0 Å². The largest absolute Gasteiger partial charge is 0.353 e. The number of amides is 1. The first kappa shape index (κ1) is 19.3. The minimum absolute atomic E-state index is 0.0535. The predicted molar refractivity (Wildman–Crippen MR) is 105 cm³/mol. The molecule has 3 rings (SSSR count). The lowest BCUT2D eigenvalue weighted by molar-refractivity contribution is -0.122. The molecule has 1 saturated heterocycles. The second-order valence-electron chi connectivity index (χ2n) is 7.15. The van der Waals surface area contributed by atoms with Crippen LogP contribution in [0.15, 0.2) is 47.3 Å². The highest BCUT2D eigenvalue weighted by Gasteiger charge is 2.22. The summed E-state index contributed by atoms with van der Waals surface area (Å²) in [7, 11) is 0. The number of likely N-dealkylation sites (tertiary alicyclic amines) is 1. The number of carbonyl (C=O) groups excluding carboxylic acids is 1. The molecule has 27 heavy (non-hydrogen) atoms. The molecule has 1 fully saturated rings. The zero-order valence-electron chi connectivity index (χ0n) is 15.9. The molecule has 0 bridgehead atoms. The van der Waals surface area contributed by atoms with Crippen molar-refractivity contribution in [2.75, 3.05) is 19.6 Å². The third-order valence-electron chi connectivity index (χ3n) is 5.05. The van der Waals surface area contributed by atoms with Crippen molar-refractivity contribution in [1.82, 2.24) is 20.0 Å². The summed E-state index contributed by atoms with van der Waals surface area (Å²) in [5, 5.41) is 7.15. The fraction of sp³-hybridized carbons (Fsp3) is 0.476. The van der Waals surface area contributed by atoms with Crippen molar-refractivity contribution in [3.8, 4) is 0 Å². The predicted octanol–water partition coefficient (Wildman–Crippen LogP) is 2.29. The van der Waals surface area contributed by atoms with Crippen molar-refractivity contribution >= 4 is 5.91 Å². The maximum Gasteiger partial charge on any atom is 0.267 e. The lowest BCUT2D eigenvalue weighted by Crippen LogP contribution is -2.40. The maximum absolute atomic E-state index is 12.4. The fourth-order valence-electron chi connectivity index (χ4n) is 3.61. The van der Waals surface area contributed by atoms with Crippen LogP contribution >= 0.6 is 0 Å². The van der Waals surface area contributed by atoms with Crippen molar-refractivity contribution in [2.24, 2.45) is 0 Å². The number of rotatable bonds is 6. The molecule has 2 aromatic rings. The van der Waals surface area contributed by atoms with Gasteiger partial charge in [0.2, 0.25) is 5.91 Å². The Labute approximate surface area is 160 Å². The first-order valence-corrected chi connectivity index (χ1v) is 9.74. The highest BCUT2D eigenvalue weighted by Crippen LogP contribution is 2.23. The van der Waals surface area contributed by atoms with Crippen molar-refractivity contribution in [2.45, 2.75) is 45.2 Å². The van der Waals surface area contributed by atoms with E-state index in [0.29, 0.717) is 12.2 Å². The zero-order valence-corrected chi connectivity index (χ0v) is 15.9. The molecule has 144 valence electrons. The standard InChI is InChI=1S/C21H28N4O2/c1-17-11-12-21(27)25(23-17)16-20(26)22-15-19(18-9-5-4-6-10-18)24-13-7-2-3-8-14-24/h4-6,9-12,19H,2-3,7-8,13-16H2,1H3,(H,22,26)/t19-/m0/s1. The Hall–Kier alpha value is -2.47. The van der Waals surface area contributed by atoms with Crippen molar-refractivity contribution in [3.63, 3.8) is 0 Å². The zero-order chi connectivity index (χ0) is 19.1. The molecule has 1 amide bonds. The van der Waals surface area contributed by atoms with Crippen LogP contribution in [0.25, 0.3) is 0 Å². The molecule has 1 aromatic carbocycles. The molecule has 0 radical (unpaired) electrons. The fourth-order valence-corrected chi connectivity index (χ4v) is 3.61. The molecule has 6 nitrogen and oxygen atoms in total. The van der Waals surface area contributed by atoms with Gasteiger partial charge in [-0.1, -0.05) is 43.2 Å². The van der Waals surface area contributed by atoms with Gasteiger partial charge in [-0.25, -0.2) is 4.68 Å². The van der Waals surface area contributed by atoms with Gasteiger partial charge in [0.25, 0.3) is 5.56 Å². The van der Waals surface area contributed by atoms with Gasteiger partial charge in [-0.2, -0.15) is 5.10 Å². The van der Waals surface area contributed by atoms with E-state index < -0.39 is 0 Å². The molecule has 2 heterocycles. The van der Waals surface area contributed by atoms with Gasteiger partial charge >= 0.3 is 0 Å². The van der Waals surface area contributed by atoms with Gasteiger partial charge in [0.1, 0.15) is 6.54 Å². The average molecular weight is 368 g/mol. The number of benzene rings is 1. The molecule has 6 heteroatoms. The number of aromatic nitrogens is 2. The second kappa shape index (κ2) is 9.46. The van der Waals surface area contributed by atoms with Gasteiger partial charge in [-0.05, 0) is 44.5 Å². The number of hydrogen-bond donors (Lipinski definition) is 1. The van der Waals surface area contributed by atoms with Crippen LogP contribution in [0.2, 0.25) is 0 Å². The topological polar surface area (TPSA) is 67.2 Å². The Morgan fingerprint density at radius 3 is 2.48 bits per heavy atom. The molecule has 1 aliphatic heterocycles. The summed E-state index contributed by atoms with van der Waals surface area (Å²) in [5.41, 5.74) is 1.67. The van der Waals surface area contributed by atoms with E-state index in [-0.39, 0.29) is 24.1 Å². The summed E-state index contributed by atoms with van der Waals surface area (Å²) in [5.74, 6) is -0.189. The Morgan fingerprint density at radius 2 is 1.78 bits per heavy atom. The minimum atomic E-state index is -0.261. The molecule has 1 atom stereocenters. The average Bonchev–Trinajstić information content (AvgIpc) is 2.95. The second-order valence-corrected chi connectivity index (χ2v) is 7.15. The molecule has 1 aromatic heterocycles. The van der Waals surface area contributed by atoms with Gasteiger partial charge in [-0.3, -0.25) is 14.5 Å². The molecular formula is C21H28N4O2. The lowest BCUT2D eigenvalue weighted by Gasteiger charge is -2.31. The van der Waals surface area contributed by atoms with Gasteiger partial charge in [0.15, 0.2) is 0 Å². The Balaban J connectivity index is 1.67. The van der Waals surface area contributed by atoms with E-state index in [1.807, 2.05) is 18.2 Å². The number of nitrogens with one attached hydrogen (secondary N) is 1. The molecule has 1 aliphatic rings. The Bertz CT molecular complexity index is 795. The summed E-state index contributed by atoms with van der Waals surface area (Å²) in [6, 6.07) is 13.6. The quantitative estimate of drug-likeness (QED) is 0.849. The van der Waals surface area contributed by atoms with E-state index in [9.17, 15) is 9.59 Å². The molecule has 0 unspecified atom stereocenters. The lowest BCUT2D eigenvalue weighted by atomic mass is 10.0. The van der Waals surface area contributed by atoms with E-state index >= 15 is 0 Å². The number of nitrogens with zero attached hydrogens (tertiary/aromatic N) is 3. The van der Waals surface area contributed by atoms with E-state index in [2.05, 4.69) is 27.4 Å². The van der Waals surface area contributed by atoms with Crippen molar-refractivity contribution in [3.05, 3.63) is 64.1 Å². The monoisotopic (exact) mass is 368 g/mol. The first-order chi connectivity index (χ1) is 13.1. The molecule has 0 spiro atoms. The highest BCUT2D eigenvalue weighted by molar-refractivity contribution is 5.75. The van der Waals surface area contributed by atoms with Gasteiger partial charge in [0.05, 0.1) is 11.7 Å². The van der Waals surface area contributed by atoms with E-state index in [4.69, 9.17) is 0 Å². The Kier molecular flexibility index (Phi) is 6.76. The summed E-state index contributed by atoms with van der Waals surface area (Å²) in [6.45, 7) is 4.38. The Morgan fingerprint density at radius 1 is 1.07 bits per heavy atom. The number of aryl methyl sites for hydroxylation is 1. The van der Waals surface area contributed by atoms with Crippen LogP contribution in [0.5, 0.6) is 0 Å². The van der Waals surface area contributed by atoms with E-state index in [0.717, 1.165) is 13.1 Å². The van der Waals surface area contributed by atoms with Crippen LogP contribution in [0.1, 0.15) is 43.0 Å². The van der Waals surface area contributed by atoms with Gasteiger partial charge in [0, 0.05) is 12.6 Å². The van der Waals surface area contributed by atoms with E-state index in [1.54, 1.807) is 13.0 Å². The normalized spacial score (nSPS) is 16.5. The maximum atomic E-state index is 12.4. The SMILES string of the molecule is Cc1ccc(=O)n(CC(=O)NC[C@@H](c2ccccc2)N2CCCCCC2)n1. The van der Waals surface area contributed by atoms with Crippen LogP contribution < -0.4 is 10.9 Å². The van der Waals surface area contributed by atoms with Crippen LogP contribution in [0.3, 0.4) is 0 Å². The third-order valence-corrected chi connectivity index (χ3v) is 5.05. The molecule has 1 N–H and O–H groups in total. The summed E-state index contributed by atoms with van der Waals surface area (Å²) in [4.78, 5) is 26.8. The molecular weight excluding hydrogens is 340 g/mol. The minimum Gasteiger partial charge on any atom is -0.353 e. The highest BCUT2D eigenvalue weighted by atomic mass is 16.2. The van der Waals surface area contributed by atoms with E-state index in [1.165, 1.54) is 42.0 Å². The van der Waals surface area contributed by atoms with Crippen LogP contribution in [-0.2, 0) is 11.3 Å². The summed E-state index contributed by atoms with van der Waals surface area (Å²) >= 11 is 0. The first-order valence-electron chi connectivity index (χ1n) is 9.74. The van der Waals surface area contributed by atoms with Gasteiger partial charge < -0.3 is 5.32 Å². The van der Waals surface area contributed by atoms with Crippen LogP contribution in [-0.4, -0.2) is 40.2 Å². The molecule has 0 aliphatic carbocycles. The van der Waals surface area contributed by atoms with Crippen LogP contribution in [0.4, 0.5) is 0 Å². The van der Waals surface area contributed by atoms with Gasteiger partial charge in [-0.15, -0.1) is 0 Å². The number of hydrogen-bond acceptors (Lipinski definition) is 4. The number of carbonyl (C=O) groups is 1. The van der Waals surface area contributed by atoms with Crippen molar-refractivity contribution < 1.29 is 4.79 Å².